The van der Waals surface area contributed by atoms with Gasteiger partial charge in [0.15, 0.2) is 9.84 Å². The number of nitrogens with zero attached hydrogens (tertiary/aromatic N) is 4. The summed E-state index contributed by atoms with van der Waals surface area (Å²) >= 11 is 6.38. The number of hydrogen-bond acceptors (Lipinski definition) is 5. The predicted octanol–water partition coefficient (Wildman–Crippen LogP) is 2.65. The zero-order chi connectivity index (χ0) is 20.6. The van der Waals surface area contributed by atoms with E-state index in [-0.39, 0.29) is 28.5 Å². The number of carbonyl (C=O) groups excluding carboxylic acids is 1. The molecule has 0 radical (unpaired) electrons. The molecule has 2 aromatic rings. The molecule has 10 heteroatoms. The molecule has 2 aliphatic heterocycles. The summed E-state index contributed by atoms with van der Waals surface area (Å²) in [5.74, 6) is 0.463. The number of urea groups is 1. The number of rotatable bonds is 5. The molecule has 0 aliphatic carbocycles. The standard InChI is InChI=1S/C19H24ClN5O3S/c1-2-7-29(27,28)15-3-4-16(17(20)8-15)14-11-25(12-14)19(26)24-6-5-13(10-24)18-9-21-23-22-18/h3-4,8-9,13-14H,2,5-7,10-12H2,1H3,(H,21,22,23)/t13-/m0/s1. The van der Waals surface area contributed by atoms with E-state index in [1.54, 1.807) is 18.3 Å². The maximum absolute atomic E-state index is 12.8. The average molecular weight is 438 g/mol. The number of H-pyrrole nitrogens is 1. The van der Waals surface area contributed by atoms with Crippen molar-refractivity contribution in [2.75, 3.05) is 31.9 Å². The quantitative estimate of drug-likeness (QED) is 0.775. The van der Waals surface area contributed by atoms with Crippen molar-refractivity contribution in [1.82, 2.24) is 25.2 Å². The molecule has 1 aromatic heterocycles. The number of likely N-dealkylation sites (tertiary alicyclic amines) is 2. The van der Waals surface area contributed by atoms with Gasteiger partial charge in [-0.15, -0.1) is 0 Å². The highest BCUT2D eigenvalue weighted by molar-refractivity contribution is 7.91. The first-order valence-corrected chi connectivity index (χ1v) is 11.8. The summed E-state index contributed by atoms with van der Waals surface area (Å²) in [6.45, 7) is 4.37. The normalized spacial score (nSPS) is 20.1. The Balaban J connectivity index is 1.36. The van der Waals surface area contributed by atoms with Crippen molar-refractivity contribution in [1.29, 1.82) is 0 Å². The maximum Gasteiger partial charge on any atom is 0.320 e. The highest BCUT2D eigenvalue weighted by atomic mass is 35.5. The maximum atomic E-state index is 12.8. The first-order valence-electron chi connectivity index (χ1n) is 9.80. The van der Waals surface area contributed by atoms with Crippen LogP contribution in [-0.4, -0.2) is 71.6 Å². The Morgan fingerprint density at radius 1 is 1.24 bits per heavy atom. The van der Waals surface area contributed by atoms with Gasteiger partial charge in [0.25, 0.3) is 0 Å². The van der Waals surface area contributed by atoms with E-state index in [4.69, 9.17) is 11.6 Å². The van der Waals surface area contributed by atoms with Crippen LogP contribution in [0.25, 0.3) is 0 Å². The highest BCUT2D eigenvalue weighted by Gasteiger charge is 2.38. The molecule has 0 bridgehead atoms. The molecule has 1 N–H and O–H groups in total. The summed E-state index contributed by atoms with van der Waals surface area (Å²) in [4.78, 5) is 16.7. The van der Waals surface area contributed by atoms with Crippen LogP contribution in [0, 0.1) is 0 Å². The smallest absolute Gasteiger partial charge is 0.320 e. The monoisotopic (exact) mass is 437 g/mol. The van der Waals surface area contributed by atoms with E-state index < -0.39 is 9.84 Å². The summed E-state index contributed by atoms with van der Waals surface area (Å²) in [5, 5.41) is 11.0. The summed E-state index contributed by atoms with van der Waals surface area (Å²) in [5.41, 5.74) is 1.79. The third kappa shape index (κ3) is 3.98. The topological polar surface area (TPSA) is 99.3 Å². The van der Waals surface area contributed by atoms with E-state index in [2.05, 4.69) is 15.4 Å². The highest BCUT2D eigenvalue weighted by Crippen LogP contribution is 2.35. The van der Waals surface area contributed by atoms with E-state index in [9.17, 15) is 13.2 Å². The van der Waals surface area contributed by atoms with Gasteiger partial charge in [-0.05, 0) is 30.5 Å². The molecule has 2 fully saturated rings. The second-order valence-electron chi connectivity index (χ2n) is 7.71. The minimum Gasteiger partial charge on any atom is -0.324 e. The molecule has 4 rings (SSSR count). The van der Waals surface area contributed by atoms with Crippen LogP contribution in [0.1, 0.15) is 42.9 Å². The van der Waals surface area contributed by atoms with Crippen molar-refractivity contribution in [2.45, 2.75) is 36.5 Å². The van der Waals surface area contributed by atoms with E-state index in [1.165, 1.54) is 6.07 Å². The predicted molar refractivity (Wildman–Crippen MR) is 109 cm³/mol. The lowest BCUT2D eigenvalue weighted by Crippen LogP contribution is -2.53. The van der Waals surface area contributed by atoms with Crippen molar-refractivity contribution in [3.63, 3.8) is 0 Å². The Labute approximate surface area is 175 Å². The third-order valence-electron chi connectivity index (χ3n) is 5.71. The van der Waals surface area contributed by atoms with Gasteiger partial charge in [0.2, 0.25) is 0 Å². The van der Waals surface area contributed by atoms with Gasteiger partial charge in [0.1, 0.15) is 0 Å². The zero-order valence-electron chi connectivity index (χ0n) is 16.2. The number of halogens is 1. The van der Waals surface area contributed by atoms with Crippen LogP contribution in [0.3, 0.4) is 0 Å². The number of aromatic nitrogens is 3. The number of nitrogens with one attached hydrogen (secondary N) is 1. The van der Waals surface area contributed by atoms with Crippen LogP contribution in [0.15, 0.2) is 29.3 Å². The van der Waals surface area contributed by atoms with Crippen molar-refractivity contribution in [2.24, 2.45) is 0 Å². The molecule has 1 aromatic carbocycles. The summed E-state index contributed by atoms with van der Waals surface area (Å²) in [6.07, 6.45) is 3.16. The first kappa shape index (κ1) is 20.2. The van der Waals surface area contributed by atoms with Crippen LogP contribution in [0.4, 0.5) is 4.79 Å². The van der Waals surface area contributed by atoms with Gasteiger partial charge in [0.05, 0.1) is 22.5 Å². The summed E-state index contributed by atoms with van der Waals surface area (Å²) in [7, 11) is -3.29. The number of carbonyl (C=O) groups is 1. The van der Waals surface area contributed by atoms with Gasteiger partial charge < -0.3 is 9.80 Å². The molecular formula is C19H24ClN5O3S. The second kappa shape index (κ2) is 7.95. The van der Waals surface area contributed by atoms with Crippen molar-refractivity contribution < 1.29 is 13.2 Å². The Hall–Kier alpha value is -2.13. The zero-order valence-corrected chi connectivity index (χ0v) is 17.8. The Bertz CT molecular complexity index is 989. The largest absolute Gasteiger partial charge is 0.324 e. The summed E-state index contributed by atoms with van der Waals surface area (Å²) in [6, 6.07) is 4.98. The van der Waals surface area contributed by atoms with Gasteiger partial charge in [-0.1, -0.05) is 24.6 Å². The number of hydrogen-bond donors (Lipinski definition) is 1. The van der Waals surface area contributed by atoms with Crippen molar-refractivity contribution >= 4 is 27.5 Å². The minimum absolute atomic E-state index is 0.0329. The SMILES string of the molecule is CCCS(=O)(=O)c1ccc(C2CN(C(=O)N3CC[C@H](c4cn[nH]n4)C3)C2)c(Cl)c1. The Morgan fingerprint density at radius 2 is 2.00 bits per heavy atom. The average Bonchev–Trinajstić information content (AvgIpc) is 3.33. The fourth-order valence-electron chi connectivity index (χ4n) is 4.03. The van der Waals surface area contributed by atoms with E-state index in [0.717, 1.165) is 17.7 Å². The molecule has 0 saturated carbocycles. The minimum atomic E-state index is -3.29. The number of sulfone groups is 1. The van der Waals surface area contributed by atoms with Crippen LogP contribution >= 0.6 is 11.6 Å². The molecule has 1 atom stereocenters. The fraction of sp³-hybridized carbons (Fsp3) is 0.526. The van der Waals surface area contributed by atoms with Gasteiger partial charge in [-0.3, -0.25) is 0 Å². The Kier molecular flexibility index (Phi) is 5.52. The lowest BCUT2D eigenvalue weighted by atomic mass is 9.92. The van der Waals surface area contributed by atoms with Gasteiger partial charge in [-0.25, -0.2) is 13.2 Å². The van der Waals surface area contributed by atoms with Gasteiger partial charge in [-0.2, -0.15) is 15.4 Å². The molecule has 0 spiro atoms. The summed E-state index contributed by atoms with van der Waals surface area (Å²) < 4.78 is 24.4. The first-order chi connectivity index (χ1) is 13.9. The Morgan fingerprint density at radius 3 is 2.66 bits per heavy atom. The third-order valence-corrected chi connectivity index (χ3v) is 7.95. The number of amides is 2. The molecule has 2 saturated heterocycles. The molecule has 2 aliphatic rings. The molecule has 156 valence electrons. The van der Waals surface area contributed by atoms with E-state index >= 15 is 0 Å². The van der Waals surface area contributed by atoms with Crippen LogP contribution in [0.2, 0.25) is 5.02 Å². The number of aromatic amines is 1. The van der Waals surface area contributed by atoms with E-state index in [1.807, 2.05) is 16.7 Å². The van der Waals surface area contributed by atoms with E-state index in [0.29, 0.717) is 37.6 Å². The lowest BCUT2D eigenvalue weighted by molar-refractivity contribution is 0.121. The second-order valence-corrected chi connectivity index (χ2v) is 10.2. The van der Waals surface area contributed by atoms with Crippen LogP contribution in [0.5, 0.6) is 0 Å². The van der Waals surface area contributed by atoms with Crippen LogP contribution < -0.4 is 0 Å². The molecule has 8 nitrogen and oxygen atoms in total. The van der Waals surface area contributed by atoms with Crippen molar-refractivity contribution in [3.8, 4) is 0 Å². The molecule has 29 heavy (non-hydrogen) atoms. The molecular weight excluding hydrogens is 414 g/mol. The van der Waals surface area contributed by atoms with Gasteiger partial charge in [0, 0.05) is 43.0 Å². The van der Waals surface area contributed by atoms with Gasteiger partial charge >= 0.3 is 6.03 Å². The molecule has 2 amide bonds. The number of benzene rings is 1. The fourth-order valence-corrected chi connectivity index (χ4v) is 5.78. The lowest BCUT2D eigenvalue weighted by Gasteiger charge is -2.41. The van der Waals surface area contributed by atoms with Crippen LogP contribution in [-0.2, 0) is 9.84 Å². The molecule has 3 heterocycles. The molecule has 0 unspecified atom stereocenters. The van der Waals surface area contributed by atoms with Crippen molar-refractivity contribution in [3.05, 3.63) is 40.7 Å².